The van der Waals surface area contributed by atoms with E-state index in [1.807, 2.05) is 6.92 Å². The first-order valence-corrected chi connectivity index (χ1v) is 9.75. The average molecular weight is 270 g/mol. The molecule has 0 amide bonds. The van der Waals surface area contributed by atoms with Gasteiger partial charge in [-0.3, -0.25) is 0 Å². The van der Waals surface area contributed by atoms with E-state index in [-0.39, 0.29) is 12.4 Å². The minimum atomic E-state index is -0.483. The van der Waals surface area contributed by atoms with Crippen LogP contribution in [0.15, 0.2) is 0 Å². The van der Waals surface area contributed by atoms with Crippen molar-refractivity contribution < 1.29 is 14.0 Å². The molecular weight excluding hydrogens is 249 g/mol. The lowest BCUT2D eigenvalue weighted by Crippen LogP contribution is -2.45. The van der Waals surface area contributed by atoms with Gasteiger partial charge >= 0.3 is 0 Å². The fourth-order valence-electron chi connectivity index (χ4n) is 1.87. The molecule has 6 heteroatoms. The molecule has 0 aliphatic carbocycles. The Labute approximate surface area is 98.0 Å². The highest BCUT2D eigenvalue weighted by atomic mass is 32.4. The van der Waals surface area contributed by atoms with Crippen LogP contribution in [-0.2, 0) is 14.0 Å². The number of ether oxygens (including phenoxy) is 2. The van der Waals surface area contributed by atoms with Gasteiger partial charge in [0.25, 0.3) is 0 Å². The zero-order valence-electron chi connectivity index (χ0n) is 9.55. The standard InChI is InChI=1S/C9H21O3P3/c1-4-10-9-7(3)8(12-15(13)14)6(2)5-11-9/h6-9H,4-5,13-14H2,1-3H3. The van der Waals surface area contributed by atoms with Crippen LogP contribution in [0, 0.1) is 11.8 Å². The number of hydrogen-bond donors (Lipinski definition) is 0. The summed E-state index contributed by atoms with van der Waals surface area (Å²) in [6, 6.07) is 0. The lowest BCUT2D eigenvalue weighted by atomic mass is 9.91. The maximum Gasteiger partial charge on any atom is 0.162 e. The molecule has 0 saturated carbocycles. The SMILES string of the molecule is CCOC1OCC(C)C(OP(P)P)C1C. The second kappa shape index (κ2) is 6.80. The summed E-state index contributed by atoms with van der Waals surface area (Å²) in [7, 11) is 4.92. The van der Waals surface area contributed by atoms with Crippen LogP contribution in [0.25, 0.3) is 0 Å². The van der Waals surface area contributed by atoms with E-state index >= 15 is 0 Å². The summed E-state index contributed by atoms with van der Waals surface area (Å²) in [6.07, 6.45) is 0.123. The van der Waals surface area contributed by atoms with E-state index in [9.17, 15) is 0 Å². The van der Waals surface area contributed by atoms with Crippen LogP contribution in [0.4, 0.5) is 0 Å². The molecule has 3 nitrogen and oxygen atoms in total. The van der Waals surface area contributed by atoms with Gasteiger partial charge in [-0.1, -0.05) is 31.7 Å². The van der Waals surface area contributed by atoms with Crippen LogP contribution in [0.1, 0.15) is 20.8 Å². The quantitative estimate of drug-likeness (QED) is 0.735. The molecule has 1 aliphatic rings. The summed E-state index contributed by atoms with van der Waals surface area (Å²) in [4.78, 5) is 0. The van der Waals surface area contributed by atoms with Crippen molar-refractivity contribution in [3.05, 3.63) is 0 Å². The normalized spacial score (nSPS) is 37.2. The molecule has 0 aromatic rings. The Kier molecular flexibility index (Phi) is 6.45. The third-order valence-corrected chi connectivity index (χ3v) is 3.82. The molecule has 0 aromatic carbocycles. The van der Waals surface area contributed by atoms with E-state index in [1.165, 1.54) is 0 Å². The summed E-state index contributed by atoms with van der Waals surface area (Å²) >= 11 is 0. The van der Waals surface area contributed by atoms with Gasteiger partial charge in [0.2, 0.25) is 0 Å². The molecule has 0 bridgehead atoms. The molecule has 0 spiro atoms. The number of rotatable bonds is 4. The van der Waals surface area contributed by atoms with E-state index in [1.54, 1.807) is 0 Å². The molecule has 0 radical (unpaired) electrons. The van der Waals surface area contributed by atoms with Gasteiger partial charge in [-0.05, 0) is 6.92 Å². The smallest absolute Gasteiger partial charge is 0.162 e. The van der Waals surface area contributed by atoms with Gasteiger partial charge in [0.15, 0.2) is 6.29 Å². The molecule has 1 fully saturated rings. The molecule has 1 rings (SSSR count). The molecule has 1 heterocycles. The average Bonchev–Trinajstić information content (AvgIpc) is 2.17. The predicted molar refractivity (Wildman–Crippen MR) is 70.9 cm³/mol. The van der Waals surface area contributed by atoms with Gasteiger partial charge in [-0.15, -0.1) is 0 Å². The Morgan fingerprint density at radius 3 is 2.60 bits per heavy atom. The molecule has 6 unspecified atom stereocenters. The van der Waals surface area contributed by atoms with E-state index in [2.05, 4.69) is 31.7 Å². The molecule has 0 N–H and O–H groups in total. The van der Waals surface area contributed by atoms with E-state index < -0.39 is 7.53 Å². The Bertz CT molecular complexity index is 191. The highest BCUT2D eigenvalue weighted by Gasteiger charge is 2.37. The van der Waals surface area contributed by atoms with Crippen molar-refractivity contribution in [2.75, 3.05) is 13.2 Å². The Morgan fingerprint density at radius 2 is 2.07 bits per heavy atom. The summed E-state index contributed by atoms with van der Waals surface area (Å²) in [6.45, 7) is 7.69. The van der Waals surface area contributed by atoms with Crippen molar-refractivity contribution >= 4 is 25.4 Å². The van der Waals surface area contributed by atoms with E-state index in [0.29, 0.717) is 18.4 Å². The lowest BCUT2D eigenvalue weighted by Gasteiger charge is -2.40. The van der Waals surface area contributed by atoms with Crippen LogP contribution in [0.3, 0.4) is 0 Å². The van der Waals surface area contributed by atoms with Crippen LogP contribution in [0.5, 0.6) is 0 Å². The molecule has 90 valence electrons. The van der Waals surface area contributed by atoms with Gasteiger partial charge < -0.3 is 14.0 Å². The molecular formula is C9H21O3P3. The van der Waals surface area contributed by atoms with E-state index in [4.69, 9.17) is 14.0 Å². The van der Waals surface area contributed by atoms with Gasteiger partial charge in [0.1, 0.15) is 0 Å². The number of hydrogen-bond acceptors (Lipinski definition) is 3. The molecule has 1 aliphatic heterocycles. The maximum absolute atomic E-state index is 5.92. The van der Waals surface area contributed by atoms with Crippen molar-refractivity contribution in [2.24, 2.45) is 11.8 Å². The molecule has 0 aromatic heterocycles. The Morgan fingerprint density at radius 1 is 1.40 bits per heavy atom. The van der Waals surface area contributed by atoms with Crippen molar-refractivity contribution in [3.8, 4) is 0 Å². The van der Waals surface area contributed by atoms with Gasteiger partial charge in [0, 0.05) is 18.4 Å². The lowest BCUT2D eigenvalue weighted by molar-refractivity contribution is -0.223. The third kappa shape index (κ3) is 4.15. The molecule has 1 saturated heterocycles. The highest BCUT2D eigenvalue weighted by Crippen LogP contribution is 2.56. The Hall–Kier alpha value is 1.17. The summed E-state index contributed by atoms with van der Waals surface area (Å²) in [5.41, 5.74) is 0. The fraction of sp³-hybridized carbons (Fsp3) is 1.00. The van der Waals surface area contributed by atoms with Gasteiger partial charge in [-0.25, -0.2) is 0 Å². The first kappa shape index (κ1) is 14.2. The second-order valence-electron chi connectivity index (χ2n) is 3.92. The summed E-state index contributed by atoms with van der Waals surface area (Å²) < 4.78 is 17.1. The summed E-state index contributed by atoms with van der Waals surface area (Å²) in [5.74, 6) is 0.725. The molecule has 6 atom stereocenters. The Balaban J connectivity index is 2.56. The minimum absolute atomic E-state index is 0.110. The highest BCUT2D eigenvalue weighted by molar-refractivity contribution is 8.41. The predicted octanol–water partition coefficient (Wildman–Crippen LogP) is 3.01. The monoisotopic (exact) mass is 270 g/mol. The third-order valence-electron chi connectivity index (χ3n) is 2.61. The van der Waals surface area contributed by atoms with Crippen LogP contribution in [-0.4, -0.2) is 25.6 Å². The summed E-state index contributed by atoms with van der Waals surface area (Å²) in [5, 5.41) is 0. The first-order valence-electron chi connectivity index (χ1n) is 5.25. The maximum atomic E-state index is 5.92. The topological polar surface area (TPSA) is 27.7 Å². The fourth-order valence-corrected chi connectivity index (χ4v) is 3.40. The van der Waals surface area contributed by atoms with Crippen molar-refractivity contribution in [1.82, 2.24) is 0 Å². The van der Waals surface area contributed by atoms with Crippen molar-refractivity contribution in [1.29, 1.82) is 0 Å². The largest absolute Gasteiger partial charge is 0.353 e. The van der Waals surface area contributed by atoms with Crippen LogP contribution in [0.2, 0.25) is 0 Å². The van der Waals surface area contributed by atoms with Crippen molar-refractivity contribution in [3.63, 3.8) is 0 Å². The minimum Gasteiger partial charge on any atom is -0.353 e. The first-order chi connectivity index (χ1) is 7.06. The van der Waals surface area contributed by atoms with Crippen LogP contribution < -0.4 is 0 Å². The van der Waals surface area contributed by atoms with Crippen molar-refractivity contribution in [2.45, 2.75) is 33.2 Å². The second-order valence-corrected chi connectivity index (χ2v) is 9.70. The zero-order chi connectivity index (χ0) is 11.4. The zero-order valence-corrected chi connectivity index (χ0v) is 12.8. The van der Waals surface area contributed by atoms with Gasteiger partial charge in [-0.2, -0.15) is 0 Å². The molecule has 15 heavy (non-hydrogen) atoms. The van der Waals surface area contributed by atoms with E-state index in [0.717, 1.165) is 6.61 Å². The van der Waals surface area contributed by atoms with Gasteiger partial charge in [0.05, 0.1) is 20.2 Å². The van der Waals surface area contributed by atoms with Crippen LogP contribution >= 0.6 is 25.4 Å².